The number of hydrogen-bond acceptors (Lipinski definition) is 1. The van der Waals surface area contributed by atoms with Crippen LogP contribution in [-0.2, 0) is 17.6 Å². The Balaban J connectivity index is 2.20. The van der Waals surface area contributed by atoms with E-state index in [2.05, 4.69) is 43.3 Å². The third-order valence-corrected chi connectivity index (χ3v) is 3.82. The highest BCUT2D eigenvalue weighted by Crippen LogP contribution is 2.32. The molecular formula is C17H16O. The van der Waals surface area contributed by atoms with Gasteiger partial charge in [-0.15, -0.1) is 0 Å². The maximum atomic E-state index is 12.1. The minimum Gasteiger partial charge on any atom is -0.299 e. The maximum Gasteiger partial charge on any atom is 0.141 e. The van der Waals surface area contributed by atoms with E-state index in [1.54, 1.807) is 0 Å². The van der Waals surface area contributed by atoms with Gasteiger partial charge in [-0.25, -0.2) is 0 Å². The molecule has 0 saturated heterocycles. The molecule has 0 spiro atoms. The molecule has 0 aliphatic heterocycles. The second kappa shape index (κ2) is 4.41. The van der Waals surface area contributed by atoms with Crippen LogP contribution in [0.3, 0.4) is 0 Å². The van der Waals surface area contributed by atoms with Crippen LogP contribution in [0.2, 0.25) is 0 Å². The van der Waals surface area contributed by atoms with Gasteiger partial charge >= 0.3 is 0 Å². The minimum absolute atomic E-state index is 0.307. The number of carbonyl (C=O) groups excluding carboxylic acids is 1. The highest BCUT2D eigenvalue weighted by Gasteiger charge is 2.21. The van der Waals surface area contributed by atoms with Crippen LogP contribution in [0.25, 0.3) is 0 Å². The summed E-state index contributed by atoms with van der Waals surface area (Å²) in [6, 6.07) is 16.6. The lowest BCUT2D eigenvalue weighted by molar-refractivity contribution is -0.117. The average molecular weight is 236 g/mol. The first kappa shape index (κ1) is 11.2. The van der Waals surface area contributed by atoms with Gasteiger partial charge in [0.15, 0.2) is 0 Å². The van der Waals surface area contributed by atoms with Gasteiger partial charge in [-0.05, 0) is 22.3 Å². The zero-order chi connectivity index (χ0) is 12.5. The van der Waals surface area contributed by atoms with Gasteiger partial charge in [-0.3, -0.25) is 4.79 Å². The van der Waals surface area contributed by atoms with E-state index in [0.717, 1.165) is 0 Å². The third kappa shape index (κ3) is 1.86. The van der Waals surface area contributed by atoms with Crippen LogP contribution < -0.4 is 0 Å². The van der Waals surface area contributed by atoms with Gasteiger partial charge in [0.05, 0.1) is 0 Å². The van der Waals surface area contributed by atoms with E-state index in [4.69, 9.17) is 0 Å². The van der Waals surface area contributed by atoms with Crippen molar-refractivity contribution in [2.75, 3.05) is 0 Å². The maximum absolute atomic E-state index is 12.1. The molecule has 0 fully saturated rings. The fourth-order valence-electron chi connectivity index (χ4n) is 2.89. The van der Waals surface area contributed by atoms with Crippen molar-refractivity contribution >= 4 is 5.78 Å². The fraction of sp³-hybridized carbons (Fsp3) is 0.235. The summed E-state index contributed by atoms with van der Waals surface area (Å²) < 4.78 is 0. The molecule has 2 aromatic rings. The molecule has 2 aromatic carbocycles. The minimum atomic E-state index is 0.307. The molecule has 0 saturated carbocycles. The molecular weight excluding hydrogens is 220 g/mol. The molecule has 0 unspecified atom stereocenters. The molecule has 1 aliphatic carbocycles. The molecule has 1 heteroatoms. The van der Waals surface area contributed by atoms with E-state index in [9.17, 15) is 4.79 Å². The SMILES string of the molecule is CC1c2ccccc2CC(=O)Cc2ccccc21. The van der Waals surface area contributed by atoms with Gasteiger partial charge in [-0.1, -0.05) is 55.5 Å². The Morgan fingerprint density at radius 1 is 0.833 bits per heavy atom. The monoisotopic (exact) mass is 236 g/mol. The Hall–Kier alpha value is -1.89. The van der Waals surface area contributed by atoms with Crippen molar-refractivity contribution in [2.45, 2.75) is 25.7 Å². The number of fused-ring (bicyclic) bond motifs is 2. The Labute approximate surface area is 107 Å². The van der Waals surface area contributed by atoms with Gasteiger partial charge in [0.1, 0.15) is 5.78 Å². The summed E-state index contributed by atoms with van der Waals surface area (Å²) in [6.07, 6.45) is 1.13. The summed E-state index contributed by atoms with van der Waals surface area (Å²) in [5.74, 6) is 0.673. The predicted molar refractivity (Wildman–Crippen MR) is 72.8 cm³/mol. The summed E-state index contributed by atoms with van der Waals surface area (Å²) in [6.45, 7) is 2.23. The first-order chi connectivity index (χ1) is 8.75. The summed E-state index contributed by atoms with van der Waals surface area (Å²) in [5.41, 5.74) is 4.95. The molecule has 18 heavy (non-hydrogen) atoms. The van der Waals surface area contributed by atoms with Crippen molar-refractivity contribution in [3.8, 4) is 0 Å². The first-order valence-corrected chi connectivity index (χ1v) is 6.43. The molecule has 3 rings (SSSR count). The lowest BCUT2D eigenvalue weighted by Crippen LogP contribution is -2.15. The van der Waals surface area contributed by atoms with Crippen LogP contribution in [0.1, 0.15) is 35.1 Å². The fourth-order valence-corrected chi connectivity index (χ4v) is 2.89. The summed E-state index contributed by atoms with van der Waals surface area (Å²) >= 11 is 0. The Kier molecular flexibility index (Phi) is 2.75. The van der Waals surface area contributed by atoms with Crippen molar-refractivity contribution in [3.63, 3.8) is 0 Å². The van der Waals surface area contributed by atoms with Gasteiger partial charge in [0.25, 0.3) is 0 Å². The van der Waals surface area contributed by atoms with Crippen molar-refractivity contribution in [1.82, 2.24) is 0 Å². The molecule has 0 heterocycles. The molecule has 0 aromatic heterocycles. The zero-order valence-electron chi connectivity index (χ0n) is 10.5. The zero-order valence-corrected chi connectivity index (χ0v) is 10.5. The number of hydrogen-bond donors (Lipinski definition) is 0. The van der Waals surface area contributed by atoms with E-state index in [0.29, 0.717) is 24.5 Å². The predicted octanol–water partition coefficient (Wildman–Crippen LogP) is 3.51. The molecule has 0 amide bonds. The van der Waals surface area contributed by atoms with E-state index in [-0.39, 0.29) is 0 Å². The molecule has 0 bridgehead atoms. The molecule has 0 radical (unpaired) electrons. The Bertz CT molecular complexity index is 547. The topological polar surface area (TPSA) is 17.1 Å². The van der Waals surface area contributed by atoms with Crippen LogP contribution in [0, 0.1) is 0 Å². The van der Waals surface area contributed by atoms with E-state index < -0.39 is 0 Å². The van der Waals surface area contributed by atoms with Crippen LogP contribution in [0.15, 0.2) is 48.5 Å². The quantitative estimate of drug-likeness (QED) is 0.684. The van der Waals surface area contributed by atoms with Crippen LogP contribution in [0.4, 0.5) is 0 Å². The van der Waals surface area contributed by atoms with E-state index >= 15 is 0 Å². The van der Waals surface area contributed by atoms with Crippen LogP contribution in [0.5, 0.6) is 0 Å². The average Bonchev–Trinajstić information content (AvgIpc) is 2.38. The van der Waals surface area contributed by atoms with Gasteiger partial charge in [0.2, 0.25) is 0 Å². The standard InChI is InChI=1S/C17H16O/c1-12-16-8-4-2-6-13(16)10-15(18)11-14-7-3-5-9-17(12)14/h2-9,12H,10-11H2,1H3. The van der Waals surface area contributed by atoms with Crippen molar-refractivity contribution in [3.05, 3.63) is 70.8 Å². The first-order valence-electron chi connectivity index (χ1n) is 6.43. The number of rotatable bonds is 0. The highest BCUT2D eigenvalue weighted by molar-refractivity contribution is 5.84. The number of Topliss-reactive ketones (excluding diaryl/α,β-unsaturated/α-hetero) is 1. The molecule has 0 atom stereocenters. The lowest BCUT2D eigenvalue weighted by Gasteiger charge is -2.22. The largest absolute Gasteiger partial charge is 0.299 e. The number of carbonyl (C=O) groups is 1. The second-order valence-electron chi connectivity index (χ2n) is 5.01. The van der Waals surface area contributed by atoms with Gasteiger partial charge in [-0.2, -0.15) is 0 Å². The molecule has 90 valence electrons. The Morgan fingerprint density at radius 3 is 1.78 bits per heavy atom. The van der Waals surface area contributed by atoms with Crippen LogP contribution >= 0.6 is 0 Å². The summed E-state index contributed by atoms with van der Waals surface area (Å²) in [4.78, 5) is 12.1. The van der Waals surface area contributed by atoms with Crippen LogP contribution in [-0.4, -0.2) is 5.78 Å². The molecule has 1 nitrogen and oxygen atoms in total. The Morgan fingerprint density at radius 2 is 1.28 bits per heavy atom. The third-order valence-electron chi connectivity index (χ3n) is 3.82. The van der Waals surface area contributed by atoms with Crippen molar-refractivity contribution in [1.29, 1.82) is 0 Å². The van der Waals surface area contributed by atoms with E-state index in [1.165, 1.54) is 22.3 Å². The number of benzene rings is 2. The molecule has 1 aliphatic rings. The smallest absolute Gasteiger partial charge is 0.141 e. The van der Waals surface area contributed by atoms with Gasteiger partial charge < -0.3 is 0 Å². The second-order valence-corrected chi connectivity index (χ2v) is 5.01. The highest BCUT2D eigenvalue weighted by atomic mass is 16.1. The van der Waals surface area contributed by atoms with E-state index in [1.807, 2.05) is 12.1 Å². The lowest BCUT2D eigenvalue weighted by atomic mass is 9.82. The van der Waals surface area contributed by atoms with Crippen molar-refractivity contribution < 1.29 is 4.79 Å². The summed E-state index contributed by atoms with van der Waals surface area (Å²) in [5, 5.41) is 0. The normalized spacial score (nSPS) is 15.5. The summed E-state index contributed by atoms with van der Waals surface area (Å²) in [7, 11) is 0. The van der Waals surface area contributed by atoms with Crippen molar-refractivity contribution in [2.24, 2.45) is 0 Å². The molecule has 0 N–H and O–H groups in total. The van der Waals surface area contributed by atoms with Gasteiger partial charge in [0, 0.05) is 18.8 Å². The number of ketones is 1.